The first-order chi connectivity index (χ1) is 9.15. The van der Waals surface area contributed by atoms with Gasteiger partial charge >= 0.3 is 5.69 Å². The molecule has 1 N–H and O–H groups in total. The highest BCUT2D eigenvalue weighted by Gasteiger charge is 2.09. The number of nitrogens with one attached hydrogen (secondary N) is 1. The number of halogens is 1. The topological polar surface area (TPSA) is 45.8 Å². The summed E-state index contributed by atoms with van der Waals surface area (Å²) in [5.41, 5.74) is 3.27. The Morgan fingerprint density at radius 2 is 1.95 bits per heavy atom. The van der Waals surface area contributed by atoms with Crippen molar-refractivity contribution in [2.45, 2.75) is 6.92 Å². The Bertz CT molecular complexity index is 824. The fourth-order valence-corrected chi connectivity index (χ4v) is 2.53. The van der Waals surface area contributed by atoms with E-state index in [1.54, 1.807) is 0 Å². The molecule has 19 heavy (non-hydrogen) atoms. The molecule has 0 unspecified atom stereocenters. The second-order valence-electron chi connectivity index (χ2n) is 4.40. The quantitative estimate of drug-likeness (QED) is 0.745. The molecule has 2 aromatic carbocycles. The van der Waals surface area contributed by atoms with E-state index in [9.17, 15) is 4.79 Å². The third-order valence-corrected chi connectivity index (χ3v) is 3.59. The number of hydrogen-bond acceptors (Lipinski definition) is 2. The summed E-state index contributed by atoms with van der Waals surface area (Å²) in [6, 6.07) is 13.7. The van der Waals surface area contributed by atoms with Crippen LogP contribution in [0.25, 0.3) is 22.2 Å². The number of nitrogens with zero attached hydrogens (tertiary/aromatic N) is 1. The Labute approximate surface area is 118 Å². The van der Waals surface area contributed by atoms with Crippen LogP contribution in [0.1, 0.15) is 5.56 Å². The van der Waals surface area contributed by atoms with E-state index in [4.69, 9.17) is 0 Å². The van der Waals surface area contributed by atoms with Crippen LogP contribution in [0.15, 0.2) is 51.7 Å². The minimum atomic E-state index is -0.326. The summed E-state index contributed by atoms with van der Waals surface area (Å²) < 4.78 is 0.962. The number of aromatic nitrogens is 2. The second-order valence-corrected chi connectivity index (χ2v) is 5.31. The maximum Gasteiger partial charge on any atom is 0.345 e. The van der Waals surface area contributed by atoms with Crippen molar-refractivity contribution in [2.75, 3.05) is 0 Å². The van der Waals surface area contributed by atoms with Gasteiger partial charge in [-0.25, -0.2) is 4.79 Å². The number of benzene rings is 2. The zero-order valence-electron chi connectivity index (χ0n) is 10.3. The van der Waals surface area contributed by atoms with Gasteiger partial charge in [0.15, 0.2) is 0 Å². The lowest BCUT2D eigenvalue weighted by Gasteiger charge is -2.08. The van der Waals surface area contributed by atoms with Crippen molar-refractivity contribution in [1.82, 2.24) is 9.97 Å². The van der Waals surface area contributed by atoms with Crippen LogP contribution in [0.4, 0.5) is 0 Å². The molecule has 0 aliphatic rings. The lowest BCUT2D eigenvalue weighted by atomic mass is 10.0. The first kappa shape index (κ1) is 12.1. The first-order valence-corrected chi connectivity index (χ1v) is 6.70. The van der Waals surface area contributed by atoms with Crippen molar-refractivity contribution in [3.8, 4) is 11.3 Å². The lowest BCUT2D eigenvalue weighted by Crippen LogP contribution is -2.11. The molecule has 0 aliphatic heterocycles. The van der Waals surface area contributed by atoms with Gasteiger partial charge in [0.05, 0.1) is 11.2 Å². The SMILES string of the molecule is Cc1ccccc1-c1nc(=O)[nH]c2ccc(Br)cc12. The average molecular weight is 315 g/mol. The predicted molar refractivity (Wildman–Crippen MR) is 80.2 cm³/mol. The van der Waals surface area contributed by atoms with Crippen LogP contribution in [-0.4, -0.2) is 9.97 Å². The number of aryl methyl sites for hydroxylation is 1. The minimum absolute atomic E-state index is 0.326. The predicted octanol–water partition coefficient (Wildman–Crippen LogP) is 3.66. The van der Waals surface area contributed by atoms with Gasteiger partial charge in [-0.2, -0.15) is 4.98 Å². The number of aromatic amines is 1. The highest BCUT2D eigenvalue weighted by Crippen LogP contribution is 2.28. The molecule has 0 saturated heterocycles. The van der Waals surface area contributed by atoms with E-state index in [0.717, 1.165) is 32.2 Å². The molecular weight excluding hydrogens is 304 g/mol. The van der Waals surface area contributed by atoms with Crippen LogP contribution in [-0.2, 0) is 0 Å². The molecule has 3 aromatic rings. The van der Waals surface area contributed by atoms with E-state index >= 15 is 0 Å². The van der Waals surface area contributed by atoms with Crippen LogP contribution >= 0.6 is 15.9 Å². The Hall–Kier alpha value is -1.94. The van der Waals surface area contributed by atoms with Gasteiger partial charge in [0.25, 0.3) is 0 Å². The zero-order valence-corrected chi connectivity index (χ0v) is 11.9. The molecule has 0 saturated carbocycles. The van der Waals surface area contributed by atoms with Crippen molar-refractivity contribution in [2.24, 2.45) is 0 Å². The van der Waals surface area contributed by atoms with E-state index in [0.29, 0.717) is 0 Å². The second kappa shape index (κ2) is 4.63. The van der Waals surface area contributed by atoms with Crippen molar-refractivity contribution in [3.63, 3.8) is 0 Å². The molecule has 0 radical (unpaired) electrons. The molecule has 3 rings (SSSR count). The number of fused-ring (bicyclic) bond motifs is 1. The summed E-state index contributed by atoms with van der Waals surface area (Å²) in [7, 11) is 0. The normalized spacial score (nSPS) is 10.8. The van der Waals surface area contributed by atoms with Crippen molar-refractivity contribution < 1.29 is 0 Å². The molecule has 0 aliphatic carbocycles. The third-order valence-electron chi connectivity index (χ3n) is 3.09. The fourth-order valence-electron chi connectivity index (χ4n) is 2.17. The fraction of sp³-hybridized carbons (Fsp3) is 0.0667. The largest absolute Gasteiger partial charge is 0.345 e. The molecule has 0 amide bonds. The van der Waals surface area contributed by atoms with E-state index < -0.39 is 0 Å². The monoisotopic (exact) mass is 314 g/mol. The average Bonchev–Trinajstić information content (AvgIpc) is 2.39. The Morgan fingerprint density at radius 1 is 1.16 bits per heavy atom. The summed E-state index contributed by atoms with van der Waals surface area (Å²) in [5.74, 6) is 0. The van der Waals surface area contributed by atoms with Gasteiger partial charge in [-0.1, -0.05) is 40.2 Å². The Balaban J connectivity index is 2.43. The van der Waals surface area contributed by atoms with E-state index in [1.165, 1.54) is 0 Å². The maximum absolute atomic E-state index is 11.7. The van der Waals surface area contributed by atoms with Gasteiger partial charge in [0.1, 0.15) is 0 Å². The highest BCUT2D eigenvalue weighted by atomic mass is 79.9. The van der Waals surface area contributed by atoms with Crippen LogP contribution < -0.4 is 5.69 Å². The number of H-pyrrole nitrogens is 1. The molecular formula is C15H11BrN2O. The molecule has 3 nitrogen and oxygen atoms in total. The summed E-state index contributed by atoms with van der Waals surface area (Å²) in [4.78, 5) is 18.6. The zero-order chi connectivity index (χ0) is 13.4. The maximum atomic E-state index is 11.7. The molecule has 0 bridgehead atoms. The summed E-state index contributed by atoms with van der Waals surface area (Å²) in [5, 5.41) is 0.934. The van der Waals surface area contributed by atoms with Crippen molar-refractivity contribution >= 4 is 26.8 Å². The van der Waals surface area contributed by atoms with E-state index in [-0.39, 0.29) is 5.69 Å². The van der Waals surface area contributed by atoms with Crippen LogP contribution in [0.3, 0.4) is 0 Å². The molecule has 0 spiro atoms. The number of hydrogen-bond donors (Lipinski definition) is 1. The lowest BCUT2D eigenvalue weighted by molar-refractivity contribution is 1.12. The van der Waals surface area contributed by atoms with Crippen LogP contribution in [0.5, 0.6) is 0 Å². The van der Waals surface area contributed by atoms with Gasteiger partial charge in [-0.15, -0.1) is 0 Å². The molecule has 94 valence electrons. The van der Waals surface area contributed by atoms with Gasteiger partial charge in [-0.3, -0.25) is 0 Å². The smallest absolute Gasteiger partial charge is 0.305 e. The summed E-state index contributed by atoms with van der Waals surface area (Å²) >= 11 is 3.46. The van der Waals surface area contributed by atoms with E-state index in [1.807, 2.05) is 49.4 Å². The minimum Gasteiger partial charge on any atom is -0.305 e. The summed E-state index contributed by atoms with van der Waals surface area (Å²) in [6.07, 6.45) is 0. The van der Waals surface area contributed by atoms with Gasteiger partial charge in [0.2, 0.25) is 0 Å². The molecule has 0 fully saturated rings. The standard InChI is InChI=1S/C15H11BrN2O/c1-9-4-2-3-5-11(9)14-12-8-10(16)6-7-13(12)17-15(19)18-14/h2-8H,1H3,(H,17,18,19). The Kier molecular flexibility index (Phi) is 2.95. The van der Waals surface area contributed by atoms with Crippen molar-refractivity contribution in [3.05, 3.63) is 63.0 Å². The Morgan fingerprint density at radius 3 is 2.74 bits per heavy atom. The van der Waals surface area contributed by atoms with Gasteiger partial charge < -0.3 is 4.98 Å². The van der Waals surface area contributed by atoms with Crippen LogP contribution in [0.2, 0.25) is 0 Å². The van der Waals surface area contributed by atoms with Crippen LogP contribution in [0, 0.1) is 6.92 Å². The highest BCUT2D eigenvalue weighted by molar-refractivity contribution is 9.10. The molecule has 1 aromatic heterocycles. The molecule has 1 heterocycles. The van der Waals surface area contributed by atoms with E-state index in [2.05, 4.69) is 25.9 Å². The number of rotatable bonds is 1. The molecule has 4 heteroatoms. The van der Waals surface area contributed by atoms with Gasteiger partial charge in [-0.05, 0) is 30.7 Å². The van der Waals surface area contributed by atoms with Gasteiger partial charge in [0, 0.05) is 15.4 Å². The third kappa shape index (κ3) is 2.19. The first-order valence-electron chi connectivity index (χ1n) is 5.91. The molecule has 0 atom stereocenters. The van der Waals surface area contributed by atoms with Crippen molar-refractivity contribution in [1.29, 1.82) is 0 Å². The summed E-state index contributed by atoms with van der Waals surface area (Å²) in [6.45, 7) is 2.02.